The Morgan fingerprint density at radius 2 is 2.00 bits per heavy atom. The van der Waals surface area contributed by atoms with Gasteiger partial charge in [-0.1, -0.05) is 36.4 Å². The fourth-order valence-electron chi connectivity index (χ4n) is 2.64. The Morgan fingerprint density at radius 1 is 1.21 bits per heavy atom. The molecule has 0 bridgehead atoms. The summed E-state index contributed by atoms with van der Waals surface area (Å²) in [6, 6.07) is 16.8. The van der Waals surface area contributed by atoms with Gasteiger partial charge in [0.1, 0.15) is 22.9 Å². The maximum Gasteiger partial charge on any atom is 0.159 e. The smallest absolute Gasteiger partial charge is 0.159 e. The molecule has 1 atom stereocenters. The van der Waals surface area contributed by atoms with E-state index in [1.165, 1.54) is 17.4 Å². The number of fused-ring (bicyclic) bond motifs is 1. The van der Waals surface area contributed by atoms with Crippen LogP contribution in [0.15, 0.2) is 48.5 Å². The van der Waals surface area contributed by atoms with Gasteiger partial charge in [0.2, 0.25) is 0 Å². The van der Waals surface area contributed by atoms with E-state index in [9.17, 15) is 9.65 Å². The second kappa shape index (κ2) is 7.43. The molecule has 3 nitrogen and oxygen atoms in total. The first-order valence-corrected chi connectivity index (χ1v) is 8.53. The van der Waals surface area contributed by atoms with Crippen LogP contribution >= 0.6 is 11.3 Å². The zero-order chi connectivity index (χ0) is 16.9. The van der Waals surface area contributed by atoms with Crippen LogP contribution in [-0.2, 0) is 0 Å². The molecule has 1 aromatic heterocycles. The SMILES string of the molecule is CNCC[C@H](Oc1c(C#N)sc2cccc(F)c12)c1ccccc1. The molecule has 2 aromatic carbocycles. The minimum absolute atomic E-state index is 0.247. The van der Waals surface area contributed by atoms with Crippen LogP contribution in [0.4, 0.5) is 4.39 Å². The predicted molar refractivity (Wildman–Crippen MR) is 94.9 cm³/mol. The fraction of sp³-hybridized carbons (Fsp3) is 0.211. The summed E-state index contributed by atoms with van der Waals surface area (Å²) in [4.78, 5) is 0.403. The Balaban J connectivity index is 2.04. The molecular weight excluding hydrogens is 323 g/mol. The first-order chi connectivity index (χ1) is 11.7. The molecule has 0 aliphatic carbocycles. The summed E-state index contributed by atoms with van der Waals surface area (Å²) in [6.45, 7) is 0.756. The largest absolute Gasteiger partial charge is 0.483 e. The van der Waals surface area contributed by atoms with Gasteiger partial charge in [0.25, 0.3) is 0 Å². The third-order valence-electron chi connectivity index (χ3n) is 3.81. The van der Waals surface area contributed by atoms with E-state index in [2.05, 4.69) is 11.4 Å². The normalized spacial score (nSPS) is 12.0. The molecule has 24 heavy (non-hydrogen) atoms. The minimum atomic E-state index is -0.360. The first kappa shape index (κ1) is 16.4. The van der Waals surface area contributed by atoms with Gasteiger partial charge in [-0.2, -0.15) is 5.26 Å². The van der Waals surface area contributed by atoms with Crippen LogP contribution in [-0.4, -0.2) is 13.6 Å². The number of thiophene rings is 1. The van der Waals surface area contributed by atoms with Gasteiger partial charge in [0.05, 0.1) is 5.39 Å². The molecule has 0 aliphatic rings. The van der Waals surface area contributed by atoms with Crippen LogP contribution < -0.4 is 10.1 Å². The number of nitriles is 1. The fourth-order valence-corrected chi connectivity index (χ4v) is 3.59. The number of hydrogen-bond donors (Lipinski definition) is 1. The summed E-state index contributed by atoms with van der Waals surface area (Å²) in [5.74, 6) is -0.0127. The zero-order valence-electron chi connectivity index (χ0n) is 13.3. The van der Waals surface area contributed by atoms with Gasteiger partial charge in [-0.05, 0) is 31.3 Å². The highest BCUT2D eigenvalue weighted by Crippen LogP contribution is 2.41. The number of nitrogens with one attached hydrogen (secondary N) is 1. The highest BCUT2D eigenvalue weighted by molar-refractivity contribution is 7.20. The molecule has 5 heteroatoms. The quantitative estimate of drug-likeness (QED) is 0.711. The van der Waals surface area contributed by atoms with Gasteiger partial charge in [-0.15, -0.1) is 11.3 Å². The number of halogens is 1. The summed E-state index contributed by atoms with van der Waals surface area (Å²) in [5, 5.41) is 12.9. The van der Waals surface area contributed by atoms with Crippen LogP contribution in [0.1, 0.15) is 23.0 Å². The number of nitrogens with zero attached hydrogens (tertiary/aromatic N) is 1. The Labute approximate surface area is 144 Å². The van der Waals surface area contributed by atoms with Crippen molar-refractivity contribution in [3.05, 3.63) is 64.8 Å². The molecule has 0 amide bonds. The highest BCUT2D eigenvalue weighted by Gasteiger charge is 2.21. The van der Waals surface area contributed by atoms with Crippen LogP contribution in [0.3, 0.4) is 0 Å². The zero-order valence-corrected chi connectivity index (χ0v) is 14.1. The maximum absolute atomic E-state index is 14.3. The van der Waals surface area contributed by atoms with E-state index < -0.39 is 0 Å². The lowest BCUT2D eigenvalue weighted by Gasteiger charge is -2.19. The van der Waals surface area contributed by atoms with E-state index in [0.29, 0.717) is 16.0 Å². The van der Waals surface area contributed by atoms with Crippen LogP contribution in [0.25, 0.3) is 10.1 Å². The van der Waals surface area contributed by atoms with E-state index in [4.69, 9.17) is 4.74 Å². The average Bonchev–Trinajstić information content (AvgIpc) is 2.98. The minimum Gasteiger partial charge on any atom is -0.483 e. The summed E-state index contributed by atoms with van der Waals surface area (Å²) in [6.07, 6.45) is 0.472. The van der Waals surface area contributed by atoms with Crippen molar-refractivity contribution in [1.82, 2.24) is 5.32 Å². The van der Waals surface area contributed by atoms with Gasteiger partial charge in [-0.25, -0.2) is 4.39 Å². The predicted octanol–water partition coefficient (Wildman–Crippen LogP) is 4.64. The molecule has 3 aromatic rings. The molecule has 0 spiro atoms. The van der Waals surface area contributed by atoms with Crippen LogP contribution in [0.5, 0.6) is 5.75 Å². The topological polar surface area (TPSA) is 45.0 Å². The van der Waals surface area contributed by atoms with Gasteiger partial charge in [0.15, 0.2) is 5.75 Å². The van der Waals surface area contributed by atoms with Gasteiger partial charge >= 0.3 is 0 Å². The second-order valence-corrected chi connectivity index (χ2v) is 6.45. The van der Waals surface area contributed by atoms with Gasteiger partial charge < -0.3 is 10.1 Å². The van der Waals surface area contributed by atoms with Crippen LogP contribution in [0.2, 0.25) is 0 Å². The molecule has 0 saturated heterocycles. The number of ether oxygens (including phenoxy) is 1. The summed E-state index contributed by atoms with van der Waals surface area (Å²) < 4.78 is 21.2. The number of benzene rings is 2. The lowest BCUT2D eigenvalue weighted by atomic mass is 10.1. The third kappa shape index (κ3) is 3.25. The molecule has 0 unspecified atom stereocenters. The molecule has 0 saturated carbocycles. The molecule has 1 N–H and O–H groups in total. The molecule has 0 radical (unpaired) electrons. The van der Waals surface area contributed by atoms with Gasteiger partial charge in [-0.3, -0.25) is 0 Å². The van der Waals surface area contributed by atoms with E-state index >= 15 is 0 Å². The van der Waals surface area contributed by atoms with Gasteiger partial charge in [0, 0.05) is 11.1 Å². The average molecular weight is 340 g/mol. The third-order valence-corrected chi connectivity index (χ3v) is 4.85. The molecular formula is C19H17FN2OS. The molecule has 122 valence electrons. The number of hydrogen-bond acceptors (Lipinski definition) is 4. The van der Waals surface area contributed by atoms with E-state index in [1.807, 2.05) is 43.4 Å². The maximum atomic E-state index is 14.3. The Kier molecular flexibility index (Phi) is 5.09. The molecule has 0 fully saturated rings. The summed E-state index contributed by atoms with van der Waals surface area (Å²) >= 11 is 1.26. The van der Waals surface area contributed by atoms with Crippen LogP contribution in [0, 0.1) is 17.1 Å². The lowest BCUT2D eigenvalue weighted by molar-refractivity contribution is 0.197. The second-order valence-electron chi connectivity index (χ2n) is 5.39. The first-order valence-electron chi connectivity index (χ1n) is 7.72. The van der Waals surface area contributed by atoms with E-state index in [-0.39, 0.29) is 11.9 Å². The van der Waals surface area contributed by atoms with Crippen molar-refractivity contribution in [2.24, 2.45) is 0 Å². The van der Waals surface area contributed by atoms with Crippen molar-refractivity contribution in [3.63, 3.8) is 0 Å². The van der Waals surface area contributed by atoms with Crippen molar-refractivity contribution < 1.29 is 9.13 Å². The Hall–Kier alpha value is -2.42. The lowest BCUT2D eigenvalue weighted by Crippen LogP contribution is -2.16. The Morgan fingerprint density at radius 3 is 2.71 bits per heavy atom. The monoisotopic (exact) mass is 340 g/mol. The van der Waals surface area contributed by atoms with E-state index in [1.54, 1.807) is 6.07 Å². The molecule has 1 heterocycles. The van der Waals surface area contributed by atoms with Crippen molar-refractivity contribution in [3.8, 4) is 11.8 Å². The molecule has 3 rings (SSSR count). The molecule has 0 aliphatic heterocycles. The summed E-state index contributed by atoms with van der Waals surface area (Å²) in [5.41, 5.74) is 1.01. The van der Waals surface area contributed by atoms with Crippen molar-refractivity contribution >= 4 is 21.4 Å². The highest BCUT2D eigenvalue weighted by atomic mass is 32.1. The summed E-state index contributed by atoms with van der Waals surface area (Å²) in [7, 11) is 1.88. The Bertz CT molecular complexity index is 870. The standard InChI is InChI=1S/C19H17FN2OS/c1-22-11-10-15(13-6-3-2-4-7-13)23-19-17(12-21)24-16-9-5-8-14(20)18(16)19/h2-9,15,22H,10-11H2,1H3/t15-/m0/s1. The van der Waals surface area contributed by atoms with Crippen molar-refractivity contribution in [1.29, 1.82) is 5.26 Å². The van der Waals surface area contributed by atoms with E-state index in [0.717, 1.165) is 23.2 Å². The van der Waals surface area contributed by atoms with Crippen molar-refractivity contribution in [2.75, 3.05) is 13.6 Å². The van der Waals surface area contributed by atoms with Crippen molar-refractivity contribution in [2.45, 2.75) is 12.5 Å². The number of rotatable bonds is 6.